The van der Waals surface area contributed by atoms with E-state index in [0.29, 0.717) is 0 Å². The van der Waals surface area contributed by atoms with E-state index in [9.17, 15) is 0 Å². The molecule has 0 fully saturated rings. The average Bonchev–Trinajstić information content (AvgIpc) is 2.31. The molecule has 0 unspecified atom stereocenters. The van der Waals surface area contributed by atoms with Crippen molar-refractivity contribution in [3.8, 4) is 0 Å². The molecule has 0 aliphatic rings. The highest BCUT2D eigenvalue weighted by molar-refractivity contribution is 14.1. The molecule has 3 nitrogen and oxygen atoms in total. The summed E-state index contributed by atoms with van der Waals surface area (Å²) in [4.78, 5) is 9.11. The summed E-state index contributed by atoms with van der Waals surface area (Å²) < 4.78 is 1.15. The fourth-order valence-corrected chi connectivity index (χ4v) is 2.95. The third-order valence-corrected chi connectivity index (χ3v) is 4.41. The lowest BCUT2D eigenvalue weighted by molar-refractivity contribution is 0.928. The van der Waals surface area contributed by atoms with E-state index in [1.165, 1.54) is 12.2 Å². The molecule has 0 aliphatic carbocycles. The smallest absolute Gasteiger partial charge is 0.143 e. The number of rotatable bonds is 6. The standard InChI is InChI=1S/C11H18IN3S/c1-4-6-16-7-9-14-8(5-2)10(12)11(13-3)15-9/h4-7H2,1-3H3,(H,13,14,15). The van der Waals surface area contributed by atoms with Gasteiger partial charge in [0.1, 0.15) is 11.6 Å². The third-order valence-electron chi connectivity index (χ3n) is 2.12. The molecule has 0 aliphatic heterocycles. The molecule has 0 radical (unpaired) electrons. The molecule has 0 spiro atoms. The van der Waals surface area contributed by atoms with Crippen LogP contribution < -0.4 is 5.32 Å². The van der Waals surface area contributed by atoms with Gasteiger partial charge in [-0.1, -0.05) is 13.8 Å². The van der Waals surface area contributed by atoms with Crippen LogP contribution in [0.4, 0.5) is 5.82 Å². The lowest BCUT2D eigenvalue weighted by Crippen LogP contribution is -2.06. The van der Waals surface area contributed by atoms with Gasteiger partial charge in [-0.3, -0.25) is 0 Å². The maximum Gasteiger partial charge on any atom is 0.143 e. The molecule has 1 aromatic rings. The van der Waals surface area contributed by atoms with Gasteiger partial charge in [0.25, 0.3) is 0 Å². The summed E-state index contributed by atoms with van der Waals surface area (Å²) in [6.07, 6.45) is 2.16. The zero-order valence-corrected chi connectivity index (χ0v) is 13.0. The minimum atomic E-state index is 0.909. The number of hydrogen-bond donors (Lipinski definition) is 1. The second kappa shape index (κ2) is 7.32. The molecule has 1 aromatic heterocycles. The van der Waals surface area contributed by atoms with Crippen LogP contribution in [0, 0.1) is 3.57 Å². The number of aryl methyl sites for hydroxylation is 1. The van der Waals surface area contributed by atoms with Crippen molar-refractivity contribution in [2.45, 2.75) is 32.4 Å². The van der Waals surface area contributed by atoms with E-state index in [2.05, 4.69) is 51.7 Å². The predicted octanol–water partition coefficient (Wildman–Crippen LogP) is 3.33. The minimum absolute atomic E-state index is 0.909. The van der Waals surface area contributed by atoms with Crippen LogP contribution in [-0.2, 0) is 12.2 Å². The van der Waals surface area contributed by atoms with E-state index in [-0.39, 0.29) is 0 Å². The molecule has 5 heteroatoms. The topological polar surface area (TPSA) is 37.8 Å². The first-order chi connectivity index (χ1) is 7.72. The molecule has 90 valence electrons. The Hall–Kier alpha value is -0.0400. The number of halogens is 1. The summed E-state index contributed by atoms with van der Waals surface area (Å²) in [5.74, 6) is 3.98. The summed E-state index contributed by atoms with van der Waals surface area (Å²) in [5, 5.41) is 3.13. The van der Waals surface area contributed by atoms with Crippen molar-refractivity contribution in [3.63, 3.8) is 0 Å². The summed E-state index contributed by atoms with van der Waals surface area (Å²) in [6, 6.07) is 0. The maximum atomic E-state index is 4.59. The lowest BCUT2D eigenvalue weighted by Gasteiger charge is -2.09. The average molecular weight is 351 g/mol. The van der Waals surface area contributed by atoms with Gasteiger partial charge < -0.3 is 5.32 Å². The third kappa shape index (κ3) is 3.76. The highest BCUT2D eigenvalue weighted by atomic mass is 127. The molecule has 1 heterocycles. The van der Waals surface area contributed by atoms with Crippen LogP contribution in [-0.4, -0.2) is 22.8 Å². The quantitative estimate of drug-likeness (QED) is 0.630. The molecule has 1 rings (SSSR count). The molecule has 0 saturated heterocycles. The molecular formula is C11H18IN3S. The first-order valence-electron chi connectivity index (χ1n) is 5.53. The largest absolute Gasteiger partial charge is 0.372 e. The Kier molecular flexibility index (Phi) is 6.41. The summed E-state index contributed by atoms with van der Waals surface area (Å²) in [6.45, 7) is 4.32. The fraction of sp³-hybridized carbons (Fsp3) is 0.636. The molecule has 0 atom stereocenters. The first kappa shape index (κ1) is 14.0. The van der Waals surface area contributed by atoms with Crippen LogP contribution in [0.2, 0.25) is 0 Å². The molecule has 0 saturated carbocycles. The van der Waals surface area contributed by atoms with Gasteiger partial charge in [-0.15, -0.1) is 0 Å². The van der Waals surface area contributed by atoms with Gasteiger partial charge in [0.05, 0.1) is 15.0 Å². The number of aromatic nitrogens is 2. The Bertz CT molecular complexity index is 319. The summed E-state index contributed by atoms with van der Waals surface area (Å²) in [7, 11) is 1.91. The zero-order chi connectivity index (χ0) is 12.0. The maximum absolute atomic E-state index is 4.59. The van der Waals surface area contributed by atoms with Crippen molar-refractivity contribution in [1.82, 2.24) is 9.97 Å². The monoisotopic (exact) mass is 351 g/mol. The second-order valence-electron chi connectivity index (χ2n) is 3.41. The van der Waals surface area contributed by atoms with Crippen LogP contribution >= 0.6 is 34.4 Å². The van der Waals surface area contributed by atoms with Gasteiger partial charge in [0.15, 0.2) is 0 Å². The van der Waals surface area contributed by atoms with E-state index < -0.39 is 0 Å². The summed E-state index contributed by atoms with van der Waals surface area (Å²) >= 11 is 4.20. The van der Waals surface area contributed by atoms with Gasteiger partial charge >= 0.3 is 0 Å². The number of nitrogens with one attached hydrogen (secondary N) is 1. The Morgan fingerprint density at radius 3 is 2.62 bits per heavy atom. The number of thioether (sulfide) groups is 1. The Balaban J connectivity index is 2.84. The van der Waals surface area contributed by atoms with Gasteiger partial charge in [-0.25, -0.2) is 9.97 Å². The number of hydrogen-bond acceptors (Lipinski definition) is 4. The normalized spacial score (nSPS) is 10.5. The van der Waals surface area contributed by atoms with Crippen molar-refractivity contribution in [2.24, 2.45) is 0 Å². The van der Waals surface area contributed by atoms with E-state index in [4.69, 9.17) is 0 Å². The van der Waals surface area contributed by atoms with Gasteiger partial charge in [0.2, 0.25) is 0 Å². The van der Waals surface area contributed by atoms with Crippen molar-refractivity contribution < 1.29 is 0 Å². The van der Waals surface area contributed by atoms with Crippen LogP contribution in [0.1, 0.15) is 31.8 Å². The van der Waals surface area contributed by atoms with Crippen molar-refractivity contribution in [1.29, 1.82) is 0 Å². The molecule has 0 aromatic carbocycles. The SMILES string of the molecule is CCCSCc1nc(CC)c(I)c(NC)n1. The Labute approximate surface area is 115 Å². The van der Waals surface area contributed by atoms with Crippen LogP contribution in [0.5, 0.6) is 0 Å². The second-order valence-corrected chi connectivity index (χ2v) is 5.59. The zero-order valence-electron chi connectivity index (χ0n) is 10.0. The van der Waals surface area contributed by atoms with E-state index in [1.54, 1.807) is 0 Å². The van der Waals surface area contributed by atoms with Gasteiger partial charge in [0, 0.05) is 7.05 Å². The molecule has 0 amide bonds. The first-order valence-corrected chi connectivity index (χ1v) is 7.77. The van der Waals surface area contributed by atoms with E-state index >= 15 is 0 Å². The van der Waals surface area contributed by atoms with Crippen molar-refractivity contribution >= 4 is 40.2 Å². The predicted molar refractivity (Wildman–Crippen MR) is 80.1 cm³/mol. The van der Waals surface area contributed by atoms with Gasteiger partial charge in [-0.05, 0) is 41.2 Å². The summed E-state index contributed by atoms with van der Waals surface area (Å²) in [5.41, 5.74) is 1.15. The highest BCUT2D eigenvalue weighted by Gasteiger charge is 2.09. The van der Waals surface area contributed by atoms with Crippen LogP contribution in [0.15, 0.2) is 0 Å². The molecule has 1 N–H and O–H groups in total. The number of anilines is 1. The molecule has 16 heavy (non-hydrogen) atoms. The Morgan fingerprint density at radius 2 is 2.06 bits per heavy atom. The van der Waals surface area contributed by atoms with Crippen molar-refractivity contribution in [2.75, 3.05) is 18.1 Å². The number of nitrogens with zero attached hydrogens (tertiary/aromatic N) is 2. The molecule has 0 bridgehead atoms. The van der Waals surface area contributed by atoms with Gasteiger partial charge in [-0.2, -0.15) is 11.8 Å². The van der Waals surface area contributed by atoms with Crippen molar-refractivity contribution in [3.05, 3.63) is 15.1 Å². The minimum Gasteiger partial charge on any atom is -0.372 e. The van der Waals surface area contributed by atoms with E-state index in [1.807, 2.05) is 18.8 Å². The van der Waals surface area contributed by atoms with Crippen LogP contribution in [0.3, 0.4) is 0 Å². The Morgan fingerprint density at radius 1 is 1.31 bits per heavy atom. The van der Waals surface area contributed by atoms with Crippen LogP contribution in [0.25, 0.3) is 0 Å². The fourth-order valence-electron chi connectivity index (χ4n) is 1.32. The van der Waals surface area contributed by atoms with E-state index in [0.717, 1.165) is 33.1 Å². The molecular weight excluding hydrogens is 333 g/mol. The highest BCUT2D eigenvalue weighted by Crippen LogP contribution is 2.21. The lowest BCUT2D eigenvalue weighted by atomic mass is 10.3.